The van der Waals surface area contributed by atoms with Gasteiger partial charge in [-0.15, -0.1) is 0 Å². The Labute approximate surface area is 114 Å². The lowest BCUT2D eigenvalue weighted by Crippen LogP contribution is -2.34. The molecule has 18 heavy (non-hydrogen) atoms. The third kappa shape index (κ3) is 4.57. The van der Waals surface area contributed by atoms with E-state index in [2.05, 4.69) is 26.1 Å². The first kappa shape index (κ1) is 14.4. The Morgan fingerprint density at radius 2 is 1.83 bits per heavy atom. The Morgan fingerprint density at radius 1 is 1.06 bits per heavy atom. The van der Waals surface area contributed by atoms with Gasteiger partial charge >= 0.3 is 0 Å². The molecule has 2 aliphatic carbocycles. The second kappa shape index (κ2) is 6.93. The van der Waals surface area contributed by atoms with Crippen LogP contribution < -0.4 is 5.32 Å². The van der Waals surface area contributed by atoms with Crippen molar-refractivity contribution >= 4 is 0 Å². The molecule has 1 N–H and O–H groups in total. The van der Waals surface area contributed by atoms with Crippen LogP contribution in [0.25, 0.3) is 0 Å². The summed E-state index contributed by atoms with van der Waals surface area (Å²) in [6, 6.07) is 0.889. The second-order valence-electron chi connectivity index (χ2n) is 7.26. The van der Waals surface area contributed by atoms with Gasteiger partial charge in [0.2, 0.25) is 0 Å². The molecule has 0 radical (unpaired) electrons. The topological polar surface area (TPSA) is 12.0 Å². The van der Waals surface area contributed by atoms with Crippen molar-refractivity contribution in [3.8, 4) is 0 Å². The standard InChI is InChI=1S/C17H33N/c1-4-14-6-8-16(12-18-17-9-10-17)15(11-14)7-5-13(2)3/h13-18H,4-12H2,1-3H3. The molecular weight excluding hydrogens is 218 g/mol. The largest absolute Gasteiger partial charge is 0.314 e. The van der Waals surface area contributed by atoms with E-state index >= 15 is 0 Å². The summed E-state index contributed by atoms with van der Waals surface area (Å²) in [5, 5.41) is 3.78. The zero-order valence-corrected chi connectivity index (χ0v) is 12.8. The lowest BCUT2D eigenvalue weighted by molar-refractivity contribution is 0.156. The molecule has 1 heteroatoms. The van der Waals surface area contributed by atoms with Crippen molar-refractivity contribution in [2.24, 2.45) is 23.7 Å². The van der Waals surface area contributed by atoms with E-state index in [0.717, 1.165) is 29.7 Å². The minimum atomic E-state index is 0.879. The van der Waals surface area contributed by atoms with Gasteiger partial charge in [0, 0.05) is 6.04 Å². The predicted octanol–water partition coefficient (Wildman–Crippen LogP) is 4.62. The number of nitrogens with one attached hydrogen (secondary N) is 1. The van der Waals surface area contributed by atoms with Crippen molar-refractivity contribution < 1.29 is 0 Å². The summed E-state index contributed by atoms with van der Waals surface area (Å²) < 4.78 is 0. The Bertz CT molecular complexity index is 232. The third-order valence-corrected chi connectivity index (χ3v) is 5.19. The second-order valence-corrected chi connectivity index (χ2v) is 7.26. The fraction of sp³-hybridized carbons (Fsp3) is 1.00. The number of rotatable bonds is 7. The monoisotopic (exact) mass is 251 g/mol. The molecule has 0 bridgehead atoms. The summed E-state index contributed by atoms with van der Waals surface area (Å²) in [6.07, 6.45) is 11.7. The summed E-state index contributed by atoms with van der Waals surface area (Å²) in [5.41, 5.74) is 0. The Morgan fingerprint density at radius 3 is 2.44 bits per heavy atom. The van der Waals surface area contributed by atoms with Crippen molar-refractivity contribution in [2.45, 2.75) is 78.2 Å². The maximum atomic E-state index is 3.78. The van der Waals surface area contributed by atoms with E-state index in [1.165, 1.54) is 57.9 Å². The van der Waals surface area contributed by atoms with Gasteiger partial charge in [0.25, 0.3) is 0 Å². The van der Waals surface area contributed by atoms with Gasteiger partial charge < -0.3 is 5.32 Å². The number of hydrogen-bond acceptors (Lipinski definition) is 1. The van der Waals surface area contributed by atoms with Crippen LogP contribution in [0.3, 0.4) is 0 Å². The van der Waals surface area contributed by atoms with Crippen LogP contribution in [0, 0.1) is 23.7 Å². The zero-order chi connectivity index (χ0) is 13.0. The molecule has 2 rings (SSSR count). The van der Waals surface area contributed by atoms with Gasteiger partial charge in [-0.3, -0.25) is 0 Å². The normalized spacial score (nSPS) is 33.0. The van der Waals surface area contributed by atoms with Crippen LogP contribution in [0.15, 0.2) is 0 Å². The van der Waals surface area contributed by atoms with Gasteiger partial charge in [0.05, 0.1) is 0 Å². The van der Waals surface area contributed by atoms with Gasteiger partial charge in [0.1, 0.15) is 0 Å². The van der Waals surface area contributed by atoms with Gasteiger partial charge in [-0.1, -0.05) is 40.0 Å². The van der Waals surface area contributed by atoms with Crippen molar-refractivity contribution in [2.75, 3.05) is 6.54 Å². The van der Waals surface area contributed by atoms with Crippen LogP contribution in [0.2, 0.25) is 0 Å². The molecule has 0 aliphatic heterocycles. The highest BCUT2D eigenvalue weighted by Gasteiger charge is 2.31. The van der Waals surface area contributed by atoms with E-state index < -0.39 is 0 Å². The summed E-state index contributed by atoms with van der Waals surface area (Å²) in [6.45, 7) is 8.44. The molecule has 0 amide bonds. The molecule has 0 saturated heterocycles. The molecule has 2 fully saturated rings. The van der Waals surface area contributed by atoms with E-state index in [4.69, 9.17) is 0 Å². The SMILES string of the molecule is CCC1CCC(CNC2CC2)C(CCC(C)C)C1. The summed E-state index contributed by atoms with van der Waals surface area (Å²) in [7, 11) is 0. The summed E-state index contributed by atoms with van der Waals surface area (Å²) in [4.78, 5) is 0. The highest BCUT2D eigenvalue weighted by molar-refractivity contribution is 4.86. The van der Waals surface area contributed by atoms with Gasteiger partial charge in [-0.25, -0.2) is 0 Å². The van der Waals surface area contributed by atoms with Crippen LogP contribution >= 0.6 is 0 Å². The molecule has 1 nitrogen and oxygen atoms in total. The Kier molecular flexibility index (Phi) is 5.54. The molecular formula is C17H33N. The smallest absolute Gasteiger partial charge is 0.00683 e. The Balaban J connectivity index is 1.79. The predicted molar refractivity (Wildman–Crippen MR) is 79.7 cm³/mol. The van der Waals surface area contributed by atoms with Gasteiger partial charge in [-0.2, -0.15) is 0 Å². The maximum absolute atomic E-state index is 3.78. The molecule has 0 heterocycles. The zero-order valence-electron chi connectivity index (χ0n) is 12.8. The quantitative estimate of drug-likeness (QED) is 0.696. The summed E-state index contributed by atoms with van der Waals surface area (Å²) >= 11 is 0. The third-order valence-electron chi connectivity index (χ3n) is 5.19. The molecule has 0 aromatic heterocycles. The van der Waals surface area contributed by atoms with Crippen molar-refractivity contribution in [3.63, 3.8) is 0 Å². The van der Waals surface area contributed by atoms with E-state index in [1.807, 2.05) is 0 Å². The van der Waals surface area contributed by atoms with E-state index in [0.29, 0.717) is 0 Å². The molecule has 106 valence electrons. The fourth-order valence-corrected chi connectivity index (χ4v) is 3.57. The van der Waals surface area contributed by atoms with Crippen LogP contribution in [0.5, 0.6) is 0 Å². The lowest BCUT2D eigenvalue weighted by Gasteiger charge is -2.36. The molecule has 3 atom stereocenters. The minimum Gasteiger partial charge on any atom is -0.314 e. The van der Waals surface area contributed by atoms with Gasteiger partial charge in [-0.05, 0) is 62.3 Å². The number of hydrogen-bond donors (Lipinski definition) is 1. The highest BCUT2D eigenvalue weighted by Crippen LogP contribution is 2.38. The summed E-state index contributed by atoms with van der Waals surface area (Å²) in [5.74, 6) is 3.90. The maximum Gasteiger partial charge on any atom is 0.00683 e. The van der Waals surface area contributed by atoms with Gasteiger partial charge in [0.15, 0.2) is 0 Å². The molecule has 3 unspecified atom stereocenters. The van der Waals surface area contributed by atoms with E-state index in [9.17, 15) is 0 Å². The fourth-order valence-electron chi connectivity index (χ4n) is 3.57. The minimum absolute atomic E-state index is 0.879. The molecule has 2 aliphatic rings. The van der Waals surface area contributed by atoms with Crippen LogP contribution in [0.4, 0.5) is 0 Å². The molecule has 2 saturated carbocycles. The Hall–Kier alpha value is -0.0400. The first-order chi connectivity index (χ1) is 8.69. The first-order valence-corrected chi connectivity index (χ1v) is 8.42. The lowest BCUT2D eigenvalue weighted by atomic mass is 9.71. The molecule has 0 aromatic carbocycles. The van der Waals surface area contributed by atoms with Crippen molar-refractivity contribution in [1.29, 1.82) is 0 Å². The van der Waals surface area contributed by atoms with E-state index in [-0.39, 0.29) is 0 Å². The van der Waals surface area contributed by atoms with Crippen molar-refractivity contribution in [3.05, 3.63) is 0 Å². The molecule has 0 spiro atoms. The van der Waals surface area contributed by atoms with E-state index in [1.54, 1.807) is 0 Å². The average Bonchev–Trinajstić information content (AvgIpc) is 3.18. The molecule has 0 aromatic rings. The van der Waals surface area contributed by atoms with Crippen LogP contribution in [-0.4, -0.2) is 12.6 Å². The van der Waals surface area contributed by atoms with Crippen LogP contribution in [-0.2, 0) is 0 Å². The first-order valence-electron chi connectivity index (χ1n) is 8.42. The highest BCUT2D eigenvalue weighted by atomic mass is 14.9. The van der Waals surface area contributed by atoms with Crippen molar-refractivity contribution in [1.82, 2.24) is 5.32 Å². The average molecular weight is 251 g/mol. The van der Waals surface area contributed by atoms with Crippen LogP contribution in [0.1, 0.15) is 72.1 Å².